The molecule has 25 heavy (non-hydrogen) atoms. The van der Waals surface area contributed by atoms with Crippen LogP contribution in [0, 0.1) is 0 Å². The lowest BCUT2D eigenvalue weighted by Crippen LogP contribution is -2.50. The van der Waals surface area contributed by atoms with E-state index in [1.807, 2.05) is 24.5 Å². The van der Waals surface area contributed by atoms with Crippen molar-refractivity contribution < 1.29 is 4.79 Å². The summed E-state index contributed by atoms with van der Waals surface area (Å²) in [6.07, 6.45) is 5.28. The molecule has 0 aliphatic carbocycles. The number of amides is 1. The lowest BCUT2D eigenvalue weighted by atomic mass is 9.92. The normalized spacial score (nSPS) is 21.6. The number of nitrogens with one attached hydrogen (secondary N) is 2. The van der Waals surface area contributed by atoms with Crippen LogP contribution in [-0.2, 0) is 11.2 Å². The Balaban J connectivity index is 1.61. The average Bonchev–Trinajstić information content (AvgIpc) is 3.36. The second-order valence-corrected chi connectivity index (χ2v) is 6.71. The summed E-state index contributed by atoms with van der Waals surface area (Å²) in [6.45, 7) is 0.733. The van der Waals surface area contributed by atoms with Gasteiger partial charge < -0.3 is 10.2 Å². The number of nitrogens with zero attached hydrogens (tertiary/aromatic N) is 2. The molecule has 1 aromatic heterocycles. The van der Waals surface area contributed by atoms with Crippen molar-refractivity contribution in [3.63, 3.8) is 0 Å². The number of anilines is 2. The first-order chi connectivity index (χ1) is 12.3. The molecule has 3 aromatic rings. The molecule has 1 unspecified atom stereocenters. The summed E-state index contributed by atoms with van der Waals surface area (Å²) in [5, 5.41) is 9.88. The average molecular weight is 330 g/mol. The van der Waals surface area contributed by atoms with E-state index in [0.717, 1.165) is 41.9 Å². The van der Waals surface area contributed by atoms with Gasteiger partial charge in [-0.15, -0.1) is 0 Å². The fraction of sp³-hybridized carbons (Fsp3) is 0.200. The molecule has 1 spiro atoms. The third-order valence-corrected chi connectivity index (χ3v) is 5.35. The maximum Gasteiger partial charge on any atom is 0.246 e. The van der Waals surface area contributed by atoms with E-state index in [1.165, 1.54) is 5.56 Å². The predicted molar refractivity (Wildman–Crippen MR) is 96.7 cm³/mol. The van der Waals surface area contributed by atoms with Crippen molar-refractivity contribution in [2.45, 2.75) is 18.4 Å². The lowest BCUT2D eigenvalue weighted by molar-refractivity contribution is -0.123. The molecule has 5 heteroatoms. The highest BCUT2D eigenvalue weighted by Gasteiger charge is 2.52. The largest absolute Gasteiger partial charge is 0.354 e. The minimum atomic E-state index is -0.499. The standard InChI is InChI=1S/C20H18N4O/c25-19-20(9-10-21-19)11-15-3-1-2-4-18(15)24(20)17-7-5-14(6-8-17)16-12-22-23-13-16/h1-8,12-13H,9-11H2,(H,21,25)(H,22,23). The summed E-state index contributed by atoms with van der Waals surface area (Å²) in [5.41, 5.74) is 5.08. The quantitative estimate of drug-likeness (QED) is 0.759. The smallest absolute Gasteiger partial charge is 0.246 e. The van der Waals surface area contributed by atoms with Gasteiger partial charge in [0.1, 0.15) is 5.54 Å². The van der Waals surface area contributed by atoms with Crippen LogP contribution in [0.4, 0.5) is 11.4 Å². The van der Waals surface area contributed by atoms with E-state index in [-0.39, 0.29) is 5.91 Å². The molecule has 124 valence electrons. The molecule has 5 rings (SSSR count). The molecule has 1 amide bonds. The van der Waals surface area contributed by atoms with Crippen LogP contribution in [0.3, 0.4) is 0 Å². The van der Waals surface area contributed by atoms with Gasteiger partial charge in [0.05, 0.1) is 6.20 Å². The van der Waals surface area contributed by atoms with Crippen molar-refractivity contribution in [3.05, 3.63) is 66.5 Å². The second-order valence-electron chi connectivity index (χ2n) is 6.71. The van der Waals surface area contributed by atoms with E-state index < -0.39 is 5.54 Å². The number of carbonyl (C=O) groups is 1. The number of aromatic amines is 1. The van der Waals surface area contributed by atoms with Gasteiger partial charge in [0.2, 0.25) is 5.91 Å². The molecule has 1 atom stereocenters. The van der Waals surface area contributed by atoms with E-state index in [1.54, 1.807) is 0 Å². The maximum absolute atomic E-state index is 12.7. The molecule has 2 N–H and O–H groups in total. The van der Waals surface area contributed by atoms with Gasteiger partial charge in [-0.3, -0.25) is 9.89 Å². The highest BCUT2D eigenvalue weighted by atomic mass is 16.2. The van der Waals surface area contributed by atoms with Gasteiger partial charge in [0.25, 0.3) is 0 Å². The summed E-state index contributed by atoms with van der Waals surface area (Å²) in [7, 11) is 0. The summed E-state index contributed by atoms with van der Waals surface area (Å²) >= 11 is 0. The van der Waals surface area contributed by atoms with Gasteiger partial charge in [-0.25, -0.2) is 0 Å². The minimum absolute atomic E-state index is 0.127. The van der Waals surface area contributed by atoms with Crippen molar-refractivity contribution in [1.82, 2.24) is 15.5 Å². The summed E-state index contributed by atoms with van der Waals surface area (Å²) < 4.78 is 0. The number of aromatic nitrogens is 2. The molecule has 1 saturated heterocycles. The zero-order chi connectivity index (χ0) is 16.9. The van der Waals surface area contributed by atoms with Crippen molar-refractivity contribution in [2.75, 3.05) is 11.4 Å². The zero-order valence-corrected chi connectivity index (χ0v) is 13.7. The number of benzene rings is 2. The topological polar surface area (TPSA) is 61.0 Å². The van der Waals surface area contributed by atoms with E-state index >= 15 is 0 Å². The summed E-state index contributed by atoms with van der Waals surface area (Å²) in [4.78, 5) is 15.0. The van der Waals surface area contributed by atoms with Crippen LogP contribution < -0.4 is 10.2 Å². The molecular formula is C20H18N4O. The molecule has 5 nitrogen and oxygen atoms in total. The van der Waals surface area contributed by atoms with Gasteiger partial charge >= 0.3 is 0 Å². The Hall–Kier alpha value is -3.08. The Morgan fingerprint density at radius 1 is 1.04 bits per heavy atom. The maximum atomic E-state index is 12.7. The van der Waals surface area contributed by atoms with E-state index in [4.69, 9.17) is 0 Å². The van der Waals surface area contributed by atoms with E-state index in [0.29, 0.717) is 0 Å². The number of H-pyrrole nitrogens is 1. The fourth-order valence-corrected chi connectivity index (χ4v) is 4.14. The van der Waals surface area contributed by atoms with Crippen molar-refractivity contribution in [1.29, 1.82) is 0 Å². The number of carbonyl (C=O) groups excluding carboxylic acids is 1. The fourth-order valence-electron chi connectivity index (χ4n) is 4.14. The van der Waals surface area contributed by atoms with Gasteiger partial charge in [0, 0.05) is 36.1 Å². The number of fused-ring (bicyclic) bond motifs is 1. The Morgan fingerprint density at radius 2 is 1.88 bits per heavy atom. The van der Waals surface area contributed by atoms with Crippen molar-refractivity contribution in [2.24, 2.45) is 0 Å². The van der Waals surface area contributed by atoms with Gasteiger partial charge in [0.15, 0.2) is 0 Å². The van der Waals surface area contributed by atoms with Gasteiger partial charge in [-0.2, -0.15) is 5.10 Å². The number of rotatable bonds is 2. The van der Waals surface area contributed by atoms with Crippen LogP contribution in [0.1, 0.15) is 12.0 Å². The van der Waals surface area contributed by atoms with Gasteiger partial charge in [-0.1, -0.05) is 30.3 Å². The number of hydrogen-bond acceptors (Lipinski definition) is 3. The first-order valence-corrected chi connectivity index (χ1v) is 8.54. The third-order valence-electron chi connectivity index (χ3n) is 5.35. The summed E-state index contributed by atoms with van der Waals surface area (Å²) in [6, 6.07) is 16.7. The molecule has 2 aliphatic heterocycles. The monoisotopic (exact) mass is 330 g/mol. The lowest BCUT2D eigenvalue weighted by Gasteiger charge is -2.35. The third kappa shape index (κ3) is 2.02. The Kier molecular flexibility index (Phi) is 2.98. The molecule has 0 saturated carbocycles. The van der Waals surface area contributed by atoms with Crippen LogP contribution in [-0.4, -0.2) is 28.2 Å². The predicted octanol–water partition coefficient (Wildman–Crippen LogP) is 3.03. The summed E-state index contributed by atoms with van der Waals surface area (Å²) in [5.74, 6) is 0.127. The zero-order valence-electron chi connectivity index (χ0n) is 13.7. The molecule has 2 aliphatic rings. The molecule has 0 radical (unpaired) electrons. The molecule has 2 aromatic carbocycles. The van der Waals surface area contributed by atoms with E-state index in [9.17, 15) is 4.79 Å². The van der Waals surface area contributed by atoms with Crippen LogP contribution in [0.5, 0.6) is 0 Å². The van der Waals surface area contributed by atoms with Crippen molar-refractivity contribution >= 4 is 17.3 Å². The molecule has 3 heterocycles. The highest BCUT2D eigenvalue weighted by Crippen LogP contribution is 2.47. The molecular weight excluding hydrogens is 312 g/mol. The number of para-hydroxylation sites is 1. The number of hydrogen-bond donors (Lipinski definition) is 2. The Morgan fingerprint density at radius 3 is 2.60 bits per heavy atom. The van der Waals surface area contributed by atoms with E-state index in [2.05, 4.69) is 56.8 Å². The first-order valence-electron chi connectivity index (χ1n) is 8.54. The second kappa shape index (κ2) is 5.21. The van der Waals surface area contributed by atoms with Crippen LogP contribution in [0.15, 0.2) is 60.9 Å². The van der Waals surface area contributed by atoms with Crippen LogP contribution in [0.2, 0.25) is 0 Å². The van der Waals surface area contributed by atoms with Crippen molar-refractivity contribution in [3.8, 4) is 11.1 Å². The molecule has 0 bridgehead atoms. The Bertz CT molecular complexity index is 933. The highest BCUT2D eigenvalue weighted by molar-refractivity contribution is 5.97. The SMILES string of the molecule is O=C1NCCC12Cc1ccccc1N2c1ccc(-c2cn[nH]c2)cc1. The van der Waals surface area contributed by atoms with Crippen LogP contribution >= 0.6 is 0 Å². The first kappa shape index (κ1) is 14.3. The molecule has 1 fully saturated rings. The van der Waals surface area contributed by atoms with Crippen LogP contribution in [0.25, 0.3) is 11.1 Å². The Labute approximate surface area is 145 Å². The minimum Gasteiger partial charge on any atom is -0.354 e. The van der Waals surface area contributed by atoms with Gasteiger partial charge in [-0.05, 0) is 35.7 Å².